The average Bonchev–Trinajstić information content (AvgIpc) is 2.16. The molecule has 3 nitrogen and oxygen atoms in total. The first-order valence-electron chi connectivity index (χ1n) is 4.41. The number of aromatic carboxylic acids is 1. The maximum absolute atomic E-state index is 10.8. The fourth-order valence-electron chi connectivity index (χ4n) is 1.28. The van der Waals surface area contributed by atoms with Crippen molar-refractivity contribution in [3.05, 3.63) is 34.9 Å². The first kappa shape index (κ1) is 10.4. The number of rotatable bonds is 4. The van der Waals surface area contributed by atoms with Gasteiger partial charge in [0, 0.05) is 6.42 Å². The molecule has 0 aliphatic carbocycles. The van der Waals surface area contributed by atoms with Crippen molar-refractivity contribution in [2.75, 3.05) is 0 Å². The van der Waals surface area contributed by atoms with E-state index >= 15 is 0 Å². The van der Waals surface area contributed by atoms with Crippen LogP contribution < -0.4 is 0 Å². The number of benzene rings is 1. The summed E-state index contributed by atoms with van der Waals surface area (Å²) >= 11 is 0. The van der Waals surface area contributed by atoms with Crippen LogP contribution in [0.4, 0.5) is 0 Å². The van der Waals surface area contributed by atoms with Gasteiger partial charge in [0.1, 0.15) is 6.29 Å². The van der Waals surface area contributed by atoms with Crippen LogP contribution in [0.15, 0.2) is 18.2 Å². The van der Waals surface area contributed by atoms with Crippen molar-refractivity contribution in [2.24, 2.45) is 0 Å². The fraction of sp³-hybridized carbons (Fsp3) is 0.273. The van der Waals surface area contributed by atoms with Gasteiger partial charge in [-0.05, 0) is 30.5 Å². The Morgan fingerprint density at radius 1 is 1.50 bits per heavy atom. The molecule has 1 aromatic carbocycles. The van der Waals surface area contributed by atoms with Crippen LogP contribution in [0.3, 0.4) is 0 Å². The quantitative estimate of drug-likeness (QED) is 0.740. The van der Waals surface area contributed by atoms with Gasteiger partial charge in [-0.3, -0.25) is 0 Å². The van der Waals surface area contributed by atoms with Crippen LogP contribution in [-0.2, 0) is 11.2 Å². The normalized spacial score (nSPS) is 9.79. The van der Waals surface area contributed by atoms with Gasteiger partial charge in [-0.15, -0.1) is 0 Å². The van der Waals surface area contributed by atoms with Gasteiger partial charge in [-0.2, -0.15) is 0 Å². The van der Waals surface area contributed by atoms with Crippen LogP contribution >= 0.6 is 0 Å². The highest BCUT2D eigenvalue weighted by Crippen LogP contribution is 2.12. The van der Waals surface area contributed by atoms with Crippen LogP contribution in [-0.4, -0.2) is 17.4 Å². The maximum atomic E-state index is 10.8. The standard InChI is InChI=1S/C11H12O3/c1-8-4-5-9(3-2-6-12)7-10(8)11(13)14/h4-7H,2-3H2,1H3,(H,13,14). The molecule has 1 N–H and O–H groups in total. The van der Waals surface area contributed by atoms with Gasteiger partial charge in [0.2, 0.25) is 0 Å². The second kappa shape index (κ2) is 4.56. The number of hydrogen-bond donors (Lipinski definition) is 1. The highest BCUT2D eigenvalue weighted by molar-refractivity contribution is 5.89. The molecule has 1 rings (SSSR count). The van der Waals surface area contributed by atoms with Crippen LogP contribution in [0.25, 0.3) is 0 Å². The van der Waals surface area contributed by atoms with Crippen molar-refractivity contribution in [1.29, 1.82) is 0 Å². The van der Waals surface area contributed by atoms with Gasteiger partial charge < -0.3 is 9.90 Å². The van der Waals surface area contributed by atoms with Crippen molar-refractivity contribution in [3.63, 3.8) is 0 Å². The van der Waals surface area contributed by atoms with Gasteiger partial charge in [-0.25, -0.2) is 4.79 Å². The van der Waals surface area contributed by atoms with Crippen molar-refractivity contribution in [3.8, 4) is 0 Å². The van der Waals surface area contributed by atoms with Gasteiger partial charge >= 0.3 is 5.97 Å². The zero-order chi connectivity index (χ0) is 10.6. The van der Waals surface area contributed by atoms with Crippen molar-refractivity contribution in [1.82, 2.24) is 0 Å². The summed E-state index contributed by atoms with van der Waals surface area (Å²) in [5.74, 6) is -0.921. The molecule has 0 aliphatic heterocycles. The predicted molar refractivity (Wildman–Crippen MR) is 52.5 cm³/mol. The van der Waals surface area contributed by atoms with Crippen LogP contribution in [0, 0.1) is 6.92 Å². The average molecular weight is 192 g/mol. The van der Waals surface area contributed by atoms with E-state index in [1.165, 1.54) is 0 Å². The molecular weight excluding hydrogens is 180 g/mol. The number of aryl methyl sites for hydroxylation is 2. The van der Waals surface area contributed by atoms with E-state index in [1.807, 2.05) is 6.07 Å². The molecule has 0 amide bonds. The molecular formula is C11H12O3. The summed E-state index contributed by atoms with van der Waals surface area (Å²) in [4.78, 5) is 20.9. The van der Waals surface area contributed by atoms with E-state index in [0.29, 0.717) is 18.4 Å². The Morgan fingerprint density at radius 2 is 2.21 bits per heavy atom. The van der Waals surface area contributed by atoms with Gasteiger partial charge in [0.15, 0.2) is 0 Å². The lowest BCUT2D eigenvalue weighted by Gasteiger charge is -2.03. The molecule has 74 valence electrons. The monoisotopic (exact) mass is 192 g/mol. The molecule has 0 aliphatic rings. The molecule has 0 spiro atoms. The summed E-state index contributed by atoms with van der Waals surface area (Å²) in [6, 6.07) is 5.25. The van der Waals surface area contributed by atoms with Crippen molar-refractivity contribution in [2.45, 2.75) is 19.8 Å². The number of carbonyl (C=O) groups is 2. The Morgan fingerprint density at radius 3 is 2.79 bits per heavy atom. The third-order valence-electron chi connectivity index (χ3n) is 2.08. The maximum Gasteiger partial charge on any atom is 0.335 e. The topological polar surface area (TPSA) is 54.4 Å². The molecule has 0 atom stereocenters. The predicted octanol–water partition coefficient (Wildman–Crippen LogP) is 1.82. The third kappa shape index (κ3) is 2.42. The minimum absolute atomic E-state index is 0.313. The molecule has 0 unspecified atom stereocenters. The summed E-state index contributed by atoms with van der Waals surface area (Å²) < 4.78 is 0. The van der Waals surface area contributed by atoms with E-state index in [9.17, 15) is 9.59 Å². The van der Waals surface area contributed by atoms with E-state index in [1.54, 1.807) is 19.1 Å². The molecule has 3 heteroatoms. The molecule has 0 bridgehead atoms. The fourth-order valence-corrected chi connectivity index (χ4v) is 1.28. The van der Waals surface area contributed by atoms with E-state index in [2.05, 4.69) is 0 Å². The zero-order valence-corrected chi connectivity index (χ0v) is 7.99. The van der Waals surface area contributed by atoms with Gasteiger partial charge in [0.25, 0.3) is 0 Å². The lowest BCUT2D eigenvalue weighted by atomic mass is 10.0. The highest BCUT2D eigenvalue weighted by Gasteiger charge is 2.07. The minimum atomic E-state index is -0.921. The number of carboxylic acids is 1. The summed E-state index contributed by atoms with van der Waals surface area (Å²) in [5, 5.41) is 8.85. The molecule has 0 fully saturated rings. The number of carbonyl (C=O) groups excluding carboxylic acids is 1. The molecule has 0 saturated carbocycles. The molecule has 0 radical (unpaired) electrons. The summed E-state index contributed by atoms with van der Waals surface area (Å²) in [6.07, 6.45) is 1.87. The lowest BCUT2D eigenvalue weighted by Crippen LogP contribution is -2.01. The number of aldehydes is 1. The second-order valence-electron chi connectivity index (χ2n) is 3.16. The highest BCUT2D eigenvalue weighted by atomic mass is 16.4. The van der Waals surface area contributed by atoms with Crippen LogP contribution in [0.1, 0.15) is 27.9 Å². The lowest BCUT2D eigenvalue weighted by molar-refractivity contribution is -0.107. The largest absolute Gasteiger partial charge is 0.478 e. The molecule has 1 aromatic rings. The summed E-state index contributed by atoms with van der Waals surface area (Å²) in [7, 11) is 0. The minimum Gasteiger partial charge on any atom is -0.478 e. The first-order chi connectivity index (χ1) is 6.65. The first-order valence-corrected chi connectivity index (χ1v) is 4.41. The smallest absolute Gasteiger partial charge is 0.335 e. The summed E-state index contributed by atoms with van der Waals surface area (Å²) in [6.45, 7) is 1.76. The number of carboxylic acid groups (broad SMARTS) is 1. The van der Waals surface area contributed by atoms with Crippen molar-refractivity contribution >= 4 is 12.3 Å². The summed E-state index contributed by atoms with van der Waals surface area (Å²) in [5.41, 5.74) is 1.95. The zero-order valence-electron chi connectivity index (χ0n) is 7.99. The van der Waals surface area contributed by atoms with Crippen molar-refractivity contribution < 1.29 is 14.7 Å². The van der Waals surface area contributed by atoms with E-state index in [0.717, 1.165) is 17.4 Å². The van der Waals surface area contributed by atoms with Crippen LogP contribution in [0.2, 0.25) is 0 Å². The SMILES string of the molecule is Cc1ccc(CCC=O)cc1C(=O)O. The molecule has 0 heterocycles. The Balaban J connectivity index is 2.94. The van der Waals surface area contributed by atoms with Gasteiger partial charge in [-0.1, -0.05) is 12.1 Å². The Kier molecular flexibility index (Phi) is 3.40. The molecule has 0 aromatic heterocycles. The Labute approximate surface area is 82.4 Å². The van der Waals surface area contributed by atoms with E-state index < -0.39 is 5.97 Å². The third-order valence-corrected chi connectivity index (χ3v) is 2.08. The molecule has 14 heavy (non-hydrogen) atoms. The number of hydrogen-bond acceptors (Lipinski definition) is 2. The second-order valence-corrected chi connectivity index (χ2v) is 3.16. The van der Waals surface area contributed by atoms with E-state index in [-0.39, 0.29) is 0 Å². The molecule has 0 saturated heterocycles. The van der Waals surface area contributed by atoms with Crippen LogP contribution in [0.5, 0.6) is 0 Å². The Hall–Kier alpha value is -1.64. The van der Waals surface area contributed by atoms with E-state index in [4.69, 9.17) is 5.11 Å². The Bertz CT molecular complexity index is 356. The van der Waals surface area contributed by atoms with Gasteiger partial charge in [0.05, 0.1) is 5.56 Å².